The summed E-state index contributed by atoms with van der Waals surface area (Å²) in [5, 5.41) is 15.2. The first-order valence-electron chi connectivity index (χ1n) is 1.69. The molecule has 3 heteroatoms. The largest absolute Gasteiger partial charge is 0.394 e. The van der Waals surface area contributed by atoms with Gasteiger partial charge in [0.2, 0.25) is 0 Å². The summed E-state index contributed by atoms with van der Waals surface area (Å²) in [6.45, 7) is 2.43. The van der Waals surface area contributed by atoms with Crippen molar-refractivity contribution in [2.24, 2.45) is 0 Å². The minimum Gasteiger partial charge on any atom is -0.394 e. The van der Waals surface area contributed by atoms with Gasteiger partial charge in [-0.15, -0.1) is 0 Å². The van der Waals surface area contributed by atoms with E-state index >= 15 is 0 Å². The molecule has 0 aliphatic rings. The first kappa shape index (κ1) is 9.62. The van der Waals surface area contributed by atoms with E-state index in [1.165, 1.54) is 5.94 Å². The summed E-state index contributed by atoms with van der Waals surface area (Å²) in [6.07, 6.45) is 0. The number of rotatable bonds is 1. The van der Waals surface area contributed by atoms with E-state index in [-0.39, 0.29) is 13.2 Å². The third-order valence-electron chi connectivity index (χ3n) is 0.1000. The van der Waals surface area contributed by atoms with Gasteiger partial charge in [-0.1, -0.05) is 0 Å². The number of hydrogen-bond donors (Lipinski definition) is 2. The molecule has 0 radical (unpaired) electrons. The smallest absolute Gasteiger partial charge is 0.116 e. The van der Waals surface area contributed by atoms with Crippen LogP contribution in [0.3, 0.4) is 0 Å². The van der Waals surface area contributed by atoms with Gasteiger partial charge >= 0.3 is 0 Å². The van der Waals surface area contributed by atoms with Crippen molar-refractivity contribution in [2.75, 3.05) is 13.2 Å². The summed E-state index contributed by atoms with van der Waals surface area (Å²) in [5.74, 6) is 1.25. The number of aliphatic hydroxyl groups excluding tert-OH is 2. The minimum absolute atomic E-state index is 0.125. The SMILES string of the molecule is C=C=O.OCCO. The molecule has 0 aromatic carbocycles. The second kappa shape index (κ2) is 18.3. The molecule has 0 rings (SSSR count). The second-order valence-corrected chi connectivity index (χ2v) is 0.592. The molecule has 0 aliphatic heterocycles. The Labute approximate surface area is 41.9 Å². The summed E-state index contributed by atoms with van der Waals surface area (Å²) < 4.78 is 0. The summed E-state index contributed by atoms with van der Waals surface area (Å²) >= 11 is 0. The predicted molar refractivity (Wildman–Crippen MR) is 25.5 cm³/mol. The van der Waals surface area contributed by atoms with Crippen LogP contribution in [-0.2, 0) is 4.79 Å². The summed E-state index contributed by atoms with van der Waals surface area (Å²) in [6, 6.07) is 0. The van der Waals surface area contributed by atoms with Crippen molar-refractivity contribution in [1.29, 1.82) is 0 Å². The average Bonchev–Trinajstić information content (AvgIpc) is 1.69. The molecule has 0 spiro atoms. The number of carbonyl (C=O) groups excluding carboxylic acids is 1. The van der Waals surface area contributed by atoms with Crippen molar-refractivity contribution < 1.29 is 15.0 Å². The van der Waals surface area contributed by atoms with Crippen LogP contribution in [0.25, 0.3) is 0 Å². The van der Waals surface area contributed by atoms with Crippen LogP contribution in [0.15, 0.2) is 6.58 Å². The van der Waals surface area contributed by atoms with Gasteiger partial charge in [-0.25, -0.2) is 4.79 Å². The molecule has 0 amide bonds. The molecule has 0 aromatic heterocycles. The quantitative estimate of drug-likeness (QED) is 0.418. The van der Waals surface area contributed by atoms with Crippen molar-refractivity contribution in [3.63, 3.8) is 0 Å². The lowest BCUT2D eigenvalue weighted by molar-refractivity contribution is 0.186. The zero-order valence-electron chi connectivity index (χ0n) is 3.92. The predicted octanol–water partition coefficient (Wildman–Crippen LogP) is -1.03. The lowest BCUT2D eigenvalue weighted by atomic mass is 10.8. The summed E-state index contributed by atoms with van der Waals surface area (Å²) in [7, 11) is 0. The van der Waals surface area contributed by atoms with Gasteiger partial charge in [-0.2, -0.15) is 0 Å². The third-order valence-corrected chi connectivity index (χ3v) is 0.1000. The topological polar surface area (TPSA) is 57.5 Å². The first-order chi connectivity index (χ1) is 3.33. The van der Waals surface area contributed by atoms with E-state index in [2.05, 4.69) is 6.58 Å². The molecule has 0 heterocycles. The van der Waals surface area contributed by atoms with Crippen molar-refractivity contribution in [3.05, 3.63) is 6.58 Å². The van der Waals surface area contributed by atoms with Crippen molar-refractivity contribution >= 4 is 5.94 Å². The van der Waals surface area contributed by atoms with Gasteiger partial charge in [0.15, 0.2) is 0 Å². The van der Waals surface area contributed by atoms with Crippen molar-refractivity contribution in [1.82, 2.24) is 0 Å². The Morgan fingerprint density at radius 1 is 1.43 bits per heavy atom. The van der Waals surface area contributed by atoms with E-state index in [4.69, 9.17) is 15.0 Å². The molecule has 3 nitrogen and oxygen atoms in total. The zero-order chi connectivity index (χ0) is 6.12. The van der Waals surface area contributed by atoms with Crippen LogP contribution >= 0.6 is 0 Å². The molecule has 7 heavy (non-hydrogen) atoms. The van der Waals surface area contributed by atoms with Gasteiger partial charge in [0.25, 0.3) is 0 Å². The molecule has 0 aromatic rings. The maximum atomic E-state index is 8.57. The number of aliphatic hydroxyl groups is 2. The second-order valence-electron chi connectivity index (χ2n) is 0.592. The summed E-state index contributed by atoms with van der Waals surface area (Å²) in [5.41, 5.74) is 0. The van der Waals surface area contributed by atoms with Crippen LogP contribution in [0, 0.1) is 0 Å². The molecule has 0 bridgehead atoms. The van der Waals surface area contributed by atoms with E-state index < -0.39 is 0 Å². The Balaban J connectivity index is 0. The zero-order valence-corrected chi connectivity index (χ0v) is 3.92. The van der Waals surface area contributed by atoms with Crippen LogP contribution in [0.5, 0.6) is 0 Å². The standard InChI is InChI=1S/C2H6O2.C2H2O/c3-1-2-4;1-2-3/h3-4H,1-2H2;1H2. The Bertz CT molecular complexity index is 42.9. The Morgan fingerprint density at radius 3 is 1.57 bits per heavy atom. The van der Waals surface area contributed by atoms with Gasteiger partial charge in [0.1, 0.15) is 5.94 Å². The van der Waals surface area contributed by atoms with Crippen LogP contribution in [0.4, 0.5) is 0 Å². The monoisotopic (exact) mass is 104 g/mol. The van der Waals surface area contributed by atoms with E-state index in [0.717, 1.165) is 0 Å². The van der Waals surface area contributed by atoms with Gasteiger partial charge in [0.05, 0.1) is 13.2 Å². The fraction of sp³-hybridized carbons (Fsp3) is 0.500. The molecule has 0 aliphatic carbocycles. The first-order valence-corrected chi connectivity index (χ1v) is 1.69. The molecule has 0 unspecified atom stereocenters. The molecule has 2 N–H and O–H groups in total. The van der Waals surface area contributed by atoms with E-state index in [1.807, 2.05) is 0 Å². The van der Waals surface area contributed by atoms with Crippen molar-refractivity contribution in [3.8, 4) is 0 Å². The molecular weight excluding hydrogens is 96.0 g/mol. The van der Waals surface area contributed by atoms with Crippen LogP contribution in [-0.4, -0.2) is 29.4 Å². The molecule has 0 fully saturated rings. The maximum absolute atomic E-state index is 8.57. The average molecular weight is 104 g/mol. The van der Waals surface area contributed by atoms with Gasteiger partial charge in [-0.05, 0) is 6.58 Å². The van der Waals surface area contributed by atoms with Gasteiger partial charge in [0, 0.05) is 0 Å². The molecule has 0 saturated carbocycles. The highest BCUT2D eigenvalue weighted by molar-refractivity contribution is 5.38. The third kappa shape index (κ3) is 445. The van der Waals surface area contributed by atoms with E-state index in [0.29, 0.717) is 0 Å². The van der Waals surface area contributed by atoms with Crippen LogP contribution in [0.1, 0.15) is 0 Å². The van der Waals surface area contributed by atoms with Gasteiger partial charge < -0.3 is 10.2 Å². The fourth-order valence-corrected chi connectivity index (χ4v) is 0. The Hall–Kier alpha value is -0.630. The molecule has 0 atom stereocenters. The van der Waals surface area contributed by atoms with Crippen LogP contribution < -0.4 is 0 Å². The summed E-state index contributed by atoms with van der Waals surface area (Å²) in [4.78, 5) is 8.57. The van der Waals surface area contributed by atoms with Crippen LogP contribution in [0.2, 0.25) is 0 Å². The van der Waals surface area contributed by atoms with E-state index in [9.17, 15) is 0 Å². The minimum atomic E-state index is -0.125. The normalized spacial score (nSPS) is 5.43. The molecule has 0 saturated heterocycles. The Morgan fingerprint density at radius 2 is 1.57 bits per heavy atom. The highest BCUT2D eigenvalue weighted by Crippen LogP contribution is 1.39. The lowest BCUT2D eigenvalue weighted by Gasteiger charge is -1.70. The molecular formula is C4H8O3. The van der Waals surface area contributed by atoms with Crippen molar-refractivity contribution in [2.45, 2.75) is 0 Å². The lowest BCUT2D eigenvalue weighted by Crippen LogP contribution is -1.85. The van der Waals surface area contributed by atoms with Gasteiger partial charge in [-0.3, -0.25) is 0 Å². The highest BCUT2D eigenvalue weighted by Gasteiger charge is 1.58. The molecule has 42 valence electrons. The number of hydrogen-bond acceptors (Lipinski definition) is 3. The highest BCUT2D eigenvalue weighted by atomic mass is 16.3. The maximum Gasteiger partial charge on any atom is 0.116 e. The fourth-order valence-electron chi connectivity index (χ4n) is 0. The van der Waals surface area contributed by atoms with E-state index in [1.54, 1.807) is 0 Å². The Kier molecular flexibility index (Phi) is 25.1.